The molecule has 1 saturated heterocycles. The molecule has 5 aromatic carbocycles. The zero-order valence-corrected chi connectivity index (χ0v) is 37.8. The van der Waals surface area contributed by atoms with E-state index in [0.717, 1.165) is 29.7 Å². The second kappa shape index (κ2) is 21.7. The van der Waals surface area contributed by atoms with Gasteiger partial charge in [0.25, 0.3) is 11.8 Å². The third-order valence-electron chi connectivity index (χ3n) is 11.1. The number of piperidine rings is 1. The van der Waals surface area contributed by atoms with Gasteiger partial charge in [-0.15, -0.1) is 0 Å². The summed E-state index contributed by atoms with van der Waals surface area (Å²) >= 11 is 0. The maximum Gasteiger partial charge on any atom is 0.266 e. The fraction of sp³-hybridized carbons (Fsp3) is 0.132. The number of nitrogens with two attached hydrogens (primary N) is 2. The number of carbonyl (C=O) groups excluding carboxylic acids is 2. The Morgan fingerprint density at radius 3 is 2.21 bits per heavy atom. The van der Waals surface area contributed by atoms with Gasteiger partial charge in [-0.1, -0.05) is 67.2 Å². The van der Waals surface area contributed by atoms with E-state index in [-0.39, 0.29) is 40.6 Å². The Kier molecular flexibility index (Phi) is 14.5. The number of ether oxygens (including phenoxy) is 4. The molecule has 6 N–H and O–H groups in total. The Morgan fingerprint density at radius 1 is 0.786 bits per heavy atom. The molecule has 1 aliphatic heterocycles. The lowest BCUT2D eigenvalue weighted by Gasteiger charge is -2.33. The zero-order valence-electron chi connectivity index (χ0n) is 37.8. The first-order valence-electron chi connectivity index (χ1n) is 21.9. The molecular formula is C53H45N11O6. The van der Waals surface area contributed by atoms with E-state index in [2.05, 4.69) is 37.1 Å². The van der Waals surface area contributed by atoms with Crippen molar-refractivity contribution in [2.45, 2.75) is 25.5 Å². The van der Waals surface area contributed by atoms with Crippen LogP contribution >= 0.6 is 0 Å². The highest BCUT2D eigenvalue weighted by Crippen LogP contribution is 2.37. The minimum absolute atomic E-state index is 0.103. The van der Waals surface area contributed by atoms with Gasteiger partial charge in [-0.2, -0.15) is 10.5 Å². The molecule has 1 unspecified atom stereocenters. The third kappa shape index (κ3) is 11.3. The fourth-order valence-electron chi connectivity index (χ4n) is 7.69. The van der Waals surface area contributed by atoms with Crippen molar-refractivity contribution in [1.29, 1.82) is 10.5 Å². The SMILES string of the molecule is C=C(C#N)C(=O)N1CCCC(Nc2ncnc(N)c2-c2ccc(Oc3cccc(C=C(C#N)C(=O)Nc4cccc(Oc5ncnc(N)c5-c5ccc(OCc6ccccc6OC)cc5)c4)c3)cc2)C1. The average Bonchev–Trinajstić information content (AvgIpc) is 3.38. The number of likely N-dealkylation sites (tertiary alicyclic amines) is 1. The number of nitrogens with zero attached hydrogens (tertiary/aromatic N) is 7. The van der Waals surface area contributed by atoms with Crippen LogP contribution in [0.3, 0.4) is 0 Å². The number of aromatic nitrogens is 4. The number of nitrogens with one attached hydrogen (secondary N) is 2. The van der Waals surface area contributed by atoms with E-state index in [4.69, 9.17) is 35.7 Å². The van der Waals surface area contributed by atoms with Gasteiger partial charge in [-0.05, 0) is 90.2 Å². The van der Waals surface area contributed by atoms with Crippen molar-refractivity contribution in [3.63, 3.8) is 0 Å². The van der Waals surface area contributed by atoms with Gasteiger partial charge in [0.15, 0.2) is 0 Å². The minimum Gasteiger partial charge on any atom is -0.496 e. The second-order valence-electron chi connectivity index (χ2n) is 15.8. The van der Waals surface area contributed by atoms with Crippen molar-refractivity contribution in [1.82, 2.24) is 24.8 Å². The molecule has 0 saturated carbocycles. The largest absolute Gasteiger partial charge is 0.496 e. The van der Waals surface area contributed by atoms with E-state index in [0.29, 0.717) is 76.5 Å². The lowest BCUT2D eigenvalue weighted by atomic mass is 10.0. The number of methoxy groups -OCH3 is 1. The number of benzene rings is 5. The summed E-state index contributed by atoms with van der Waals surface area (Å²) in [5.41, 5.74) is 16.7. The number of hydrogen-bond acceptors (Lipinski definition) is 15. The van der Waals surface area contributed by atoms with Crippen LogP contribution in [0.1, 0.15) is 24.0 Å². The summed E-state index contributed by atoms with van der Waals surface area (Å²) in [6, 6.07) is 39.4. The third-order valence-corrected chi connectivity index (χ3v) is 11.1. The number of nitriles is 2. The summed E-state index contributed by atoms with van der Waals surface area (Å²) in [5.74, 6) is 2.82. The van der Waals surface area contributed by atoms with Gasteiger partial charge in [-0.25, -0.2) is 19.9 Å². The highest BCUT2D eigenvalue weighted by Gasteiger charge is 2.27. The number of carbonyl (C=O) groups is 2. The summed E-state index contributed by atoms with van der Waals surface area (Å²) in [6.07, 6.45) is 5.66. The number of rotatable bonds is 16. The Hall–Kier alpha value is -9.74. The molecule has 17 heteroatoms. The fourth-order valence-corrected chi connectivity index (χ4v) is 7.69. The summed E-state index contributed by atoms with van der Waals surface area (Å²) in [4.78, 5) is 44.9. The van der Waals surface area contributed by atoms with Crippen molar-refractivity contribution in [3.05, 3.63) is 163 Å². The lowest BCUT2D eigenvalue weighted by Crippen LogP contribution is -2.45. The predicted octanol–water partition coefficient (Wildman–Crippen LogP) is 8.97. The zero-order chi connectivity index (χ0) is 49.0. The van der Waals surface area contributed by atoms with Crippen molar-refractivity contribution in [3.8, 4) is 69.0 Å². The maximum atomic E-state index is 13.5. The Morgan fingerprint density at radius 2 is 1.47 bits per heavy atom. The van der Waals surface area contributed by atoms with Gasteiger partial charge >= 0.3 is 0 Å². The van der Waals surface area contributed by atoms with Crippen molar-refractivity contribution in [2.24, 2.45) is 0 Å². The van der Waals surface area contributed by atoms with Crippen molar-refractivity contribution < 1.29 is 28.5 Å². The topological polar surface area (TPSA) is 250 Å². The Bertz CT molecular complexity index is 3180. The first kappa shape index (κ1) is 46.8. The van der Waals surface area contributed by atoms with Crippen molar-refractivity contribution >= 4 is 41.0 Å². The molecule has 0 bridgehead atoms. The summed E-state index contributed by atoms with van der Waals surface area (Å²) < 4.78 is 23.8. The second-order valence-corrected chi connectivity index (χ2v) is 15.8. The monoisotopic (exact) mass is 931 g/mol. The highest BCUT2D eigenvalue weighted by molar-refractivity contribution is 6.09. The van der Waals surface area contributed by atoms with Crippen LogP contribution in [0.15, 0.2) is 152 Å². The lowest BCUT2D eigenvalue weighted by molar-refractivity contribution is -0.127. The molecule has 2 amide bonds. The predicted molar refractivity (Wildman–Crippen MR) is 264 cm³/mol. The normalized spacial score (nSPS) is 13.2. The van der Waals surface area contributed by atoms with Crippen molar-refractivity contribution in [2.75, 3.05) is 42.3 Å². The molecule has 8 rings (SSSR count). The Labute approximate surface area is 403 Å². The summed E-state index contributed by atoms with van der Waals surface area (Å²) in [7, 11) is 1.62. The van der Waals surface area contributed by atoms with E-state index in [1.807, 2.05) is 72.8 Å². The van der Waals surface area contributed by atoms with Crippen LogP contribution < -0.4 is 41.0 Å². The van der Waals surface area contributed by atoms with Gasteiger partial charge in [-0.3, -0.25) is 9.59 Å². The molecule has 1 atom stereocenters. The number of amides is 2. The molecule has 0 aliphatic carbocycles. The molecule has 7 aromatic rings. The number of anilines is 4. The number of para-hydroxylation sites is 1. The van der Waals surface area contributed by atoms with Gasteiger partial charge in [0.2, 0.25) is 5.88 Å². The summed E-state index contributed by atoms with van der Waals surface area (Å²) in [5, 5.41) is 25.4. The first-order valence-corrected chi connectivity index (χ1v) is 21.9. The smallest absolute Gasteiger partial charge is 0.266 e. The first-order chi connectivity index (χ1) is 34.1. The van der Waals surface area contributed by atoms with E-state index < -0.39 is 5.91 Å². The van der Waals surface area contributed by atoms with Crippen LogP contribution in [0.25, 0.3) is 28.3 Å². The molecule has 2 aromatic heterocycles. The standard InChI is InChI=1S/C53H45N11O6/c1-33(27-54)53(66)64-23-7-11-40(29-64)62-50-46(48(56)58-31-60-50)35-17-21-42(22-18-35)69-43-12-5-8-34(25-43)24-38(28-55)51(65)63-39-10-6-13-44(26-39)70-52-47(49(57)59-32-61-52)36-15-19-41(20-16-36)68-30-37-9-3-4-14-45(37)67-2/h3-6,8-10,12-22,24-26,31-32,40H,1,7,11,23,29-30H2,2H3,(H,63,65)(H2,57,59,61)(H3,56,58,60,62). The highest BCUT2D eigenvalue weighted by atomic mass is 16.5. The van der Waals surface area contributed by atoms with Crippen LogP contribution in [0, 0.1) is 22.7 Å². The maximum absolute atomic E-state index is 13.5. The molecule has 348 valence electrons. The van der Waals surface area contributed by atoms with Gasteiger partial charge in [0.1, 0.15) is 88.7 Å². The van der Waals surface area contributed by atoms with Crippen LogP contribution in [-0.4, -0.2) is 62.9 Å². The van der Waals surface area contributed by atoms with Gasteiger partial charge in [0, 0.05) is 36.4 Å². The van der Waals surface area contributed by atoms with Crippen LogP contribution in [0.5, 0.6) is 34.6 Å². The quantitative estimate of drug-likeness (QED) is 0.0521. The summed E-state index contributed by atoms with van der Waals surface area (Å²) in [6.45, 7) is 4.79. The van der Waals surface area contributed by atoms with Crippen LogP contribution in [0.2, 0.25) is 0 Å². The molecule has 17 nitrogen and oxygen atoms in total. The molecule has 0 spiro atoms. The molecule has 1 fully saturated rings. The number of nitrogen functional groups attached to an aromatic ring is 2. The molecule has 3 heterocycles. The van der Waals surface area contributed by atoms with E-state index in [1.54, 1.807) is 72.7 Å². The molecule has 0 radical (unpaired) electrons. The van der Waals surface area contributed by atoms with Gasteiger partial charge in [0.05, 0.1) is 18.2 Å². The van der Waals surface area contributed by atoms with Crippen LogP contribution in [-0.2, 0) is 16.2 Å². The van der Waals surface area contributed by atoms with E-state index in [9.17, 15) is 14.9 Å². The van der Waals surface area contributed by atoms with E-state index in [1.165, 1.54) is 18.7 Å². The molecule has 70 heavy (non-hydrogen) atoms. The van der Waals surface area contributed by atoms with Crippen LogP contribution in [0.4, 0.5) is 23.1 Å². The number of hydrogen-bond donors (Lipinski definition) is 4. The molecule has 1 aliphatic rings. The Balaban J connectivity index is 0.902. The molecular weight excluding hydrogens is 887 g/mol. The average molecular weight is 932 g/mol. The van der Waals surface area contributed by atoms with Gasteiger partial charge < -0.3 is 45.9 Å². The minimum atomic E-state index is -0.640. The van der Waals surface area contributed by atoms with E-state index >= 15 is 0 Å².